The topological polar surface area (TPSA) is 122 Å². The van der Waals surface area contributed by atoms with Crippen LogP contribution in [0.4, 0.5) is 0 Å². The summed E-state index contributed by atoms with van der Waals surface area (Å²) in [6, 6.07) is 13.3. The van der Waals surface area contributed by atoms with Crippen LogP contribution in [0.2, 0.25) is 0 Å². The molecular weight excluding hydrogens is 540 g/mol. The summed E-state index contributed by atoms with van der Waals surface area (Å²) in [5.74, 6) is 5.73. The lowest BCUT2D eigenvalue weighted by Gasteiger charge is -2.37. The maximum Gasteiger partial charge on any atom is 0.261 e. The second-order valence-electron chi connectivity index (χ2n) is 9.68. The van der Waals surface area contributed by atoms with Crippen LogP contribution in [0.5, 0.6) is 5.75 Å². The Hall–Kier alpha value is -3.21. The van der Waals surface area contributed by atoms with Crippen molar-refractivity contribution >= 4 is 20.0 Å². The Morgan fingerprint density at radius 2 is 1.87 bits per heavy atom. The van der Waals surface area contributed by atoms with E-state index in [9.17, 15) is 21.9 Å². The molecule has 0 saturated carbocycles. The zero-order valence-electron chi connectivity index (χ0n) is 22.2. The zero-order chi connectivity index (χ0) is 28.4. The van der Waals surface area contributed by atoms with E-state index in [1.165, 1.54) is 29.9 Å². The smallest absolute Gasteiger partial charge is 0.261 e. The Morgan fingerprint density at radius 1 is 1.18 bits per heavy atom. The van der Waals surface area contributed by atoms with Gasteiger partial charge in [-0.2, -0.15) is 8.61 Å². The lowest BCUT2D eigenvalue weighted by molar-refractivity contribution is 0.0904. The van der Waals surface area contributed by atoms with Gasteiger partial charge in [-0.1, -0.05) is 37.0 Å². The van der Waals surface area contributed by atoms with E-state index in [1.807, 2.05) is 30.3 Å². The second kappa shape index (κ2) is 11.5. The predicted octanol–water partition coefficient (Wildman–Crippen LogP) is 1.91. The quantitative estimate of drug-likeness (QED) is 0.448. The minimum absolute atomic E-state index is 0.0290. The third-order valence-corrected chi connectivity index (χ3v) is 10.3. The fourth-order valence-corrected chi connectivity index (χ4v) is 7.19. The van der Waals surface area contributed by atoms with E-state index in [0.717, 1.165) is 9.87 Å². The van der Waals surface area contributed by atoms with Gasteiger partial charge in [-0.3, -0.25) is 0 Å². The van der Waals surface area contributed by atoms with Crippen molar-refractivity contribution in [2.75, 3.05) is 26.7 Å². The number of aliphatic hydroxyl groups is 1. The Kier molecular flexibility index (Phi) is 8.48. The average Bonchev–Trinajstić information content (AvgIpc) is 3.36. The first-order chi connectivity index (χ1) is 18.4. The molecule has 1 aliphatic heterocycles. The van der Waals surface area contributed by atoms with Crippen LogP contribution in [0.1, 0.15) is 25.0 Å². The third kappa shape index (κ3) is 6.18. The lowest BCUT2D eigenvalue weighted by Crippen LogP contribution is -2.50. The first-order valence-corrected chi connectivity index (χ1v) is 15.3. The molecule has 0 amide bonds. The van der Waals surface area contributed by atoms with Crippen LogP contribution in [0.25, 0.3) is 0 Å². The Labute approximate surface area is 230 Å². The van der Waals surface area contributed by atoms with Crippen LogP contribution in [-0.2, 0) is 27.1 Å². The highest BCUT2D eigenvalue weighted by molar-refractivity contribution is 7.89. The molecule has 1 N–H and O–H groups in total. The maximum absolute atomic E-state index is 13.7. The van der Waals surface area contributed by atoms with Crippen molar-refractivity contribution in [2.24, 2.45) is 13.0 Å². The molecule has 3 aromatic rings. The molecule has 0 saturated heterocycles. The van der Waals surface area contributed by atoms with Gasteiger partial charge in [0.2, 0.25) is 10.0 Å². The number of aliphatic hydroxyl groups excluding tert-OH is 1. The predicted molar refractivity (Wildman–Crippen MR) is 146 cm³/mol. The van der Waals surface area contributed by atoms with Gasteiger partial charge in [-0.15, -0.1) is 0 Å². The fraction of sp³-hybridized carbons (Fsp3) is 0.370. The van der Waals surface area contributed by atoms with Crippen LogP contribution < -0.4 is 4.74 Å². The molecule has 12 heteroatoms. The summed E-state index contributed by atoms with van der Waals surface area (Å²) >= 11 is 0. The Balaban J connectivity index is 1.74. The zero-order valence-corrected chi connectivity index (χ0v) is 23.9. The first kappa shape index (κ1) is 28.8. The summed E-state index contributed by atoms with van der Waals surface area (Å²) in [6.45, 7) is 3.02. The molecule has 2 heterocycles. The van der Waals surface area contributed by atoms with Crippen molar-refractivity contribution in [3.05, 3.63) is 72.2 Å². The second-order valence-corrected chi connectivity index (χ2v) is 13.5. The minimum atomic E-state index is -4.04. The number of hydrogen-bond donors (Lipinski definition) is 1. The number of rotatable bonds is 6. The number of benzene rings is 2. The number of likely N-dealkylation sites (N-methyl/N-ethyl adjacent to an activating group) is 1. The van der Waals surface area contributed by atoms with Crippen molar-refractivity contribution in [1.29, 1.82) is 0 Å². The van der Waals surface area contributed by atoms with Crippen LogP contribution in [0.15, 0.2) is 71.0 Å². The van der Waals surface area contributed by atoms with E-state index in [1.54, 1.807) is 37.6 Å². The van der Waals surface area contributed by atoms with Gasteiger partial charge in [0, 0.05) is 49.9 Å². The summed E-state index contributed by atoms with van der Waals surface area (Å²) in [5.41, 5.74) is 1.34. The van der Waals surface area contributed by atoms with Gasteiger partial charge in [0.1, 0.15) is 16.7 Å². The Morgan fingerprint density at radius 3 is 2.51 bits per heavy atom. The van der Waals surface area contributed by atoms with E-state index < -0.39 is 38.1 Å². The van der Waals surface area contributed by atoms with Gasteiger partial charge in [0.05, 0.1) is 19.5 Å². The maximum atomic E-state index is 13.7. The van der Waals surface area contributed by atoms with Crippen LogP contribution in [0, 0.1) is 17.8 Å². The number of fused-ring (bicyclic) bond motifs is 1. The highest BCUT2D eigenvalue weighted by atomic mass is 32.2. The summed E-state index contributed by atoms with van der Waals surface area (Å²) in [5, 5.41) is 9.74. The monoisotopic (exact) mass is 572 g/mol. The van der Waals surface area contributed by atoms with Gasteiger partial charge >= 0.3 is 0 Å². The molecule has 0 spiro atoms. The molecular formula is C27H32N4O6S2. The highest BCUT2D eigenvalue weighted by Crippen LogP contribution is 2.34. The highest BCUT2D eigenvalue weighted by Gasteiger charge is 2.39. The standard InChI is InChI=1S/C27H32N4O6S2/c1-20-15-31(21(2)18-32)38(33,34)26-13-12-23(11-10-22-8-6-5-7-9-22)14-24(26)37-25(20)16-30(4)39(35,36)27-17-29(3)19-28-27/h5-9,12-14,17,19-21,25,32H,15-16,18H2,1-4H3/t20-,21+,25+/m0/s1. The van der Waals surface area contributed by atoms with E-state index in [0.29, 0.717) is 5.56 Å². The third-order valence-electron chi connectivity index (χ3n) is 6.58. The SMILES string of the molecule is C[C@H](CO)N1C[C@H](C)[C@@H](CN(C)S(=O)(=O)c2cn(C)cn2)Oc2cc(C#Cc3ccccc3)ccc2S1(=O)=O. The van der Waals surface area contributed by atoms with Crippen molar-refractivity contribution in [1.82, 2.24) is 18.2 Å². The normalized spacial score (nSPS) is 20.2. The van der Waals surface area contributed by atoms with Crippen molar-refractivity contribution in [2.45, 2.75) is 35.9 Å². The molecule has 4 rings (SSSR count). The van der Waals surface area contributed by atoms with Crippen molar-refractivity contribution < 1.29 is 26.7 Å². The summed E-state index contributed by atoms with van der Waals surface area (Å²) in [7, 11) is -4.84. The number of hydrogen-bond acceptors (Lipinski definition) is 7. The van der Waals surface area contributed by atoms with Gasteiger partial charge in [-0.05, 0) is 37.3 Å². The molecule has 2 aromatic carbocycles. The van der Waals surface area contributed by atoms with Crippen molar-refractivity contribution in [3.63, 3.8) is 0 Å². The number of aryl methyl sites for hydroxylation is 1. The molecule has 0 fully saturated rings. The molecule has 1 aromatic heterocycles. The molecule has 0 unspecified atom stereocenters. The van der Waals surface area contributed by atoms with E-state index in [-0.39, 0.29) is 35.4 Å². The van der Waals surface area contributed by atoms with E-state index >= 15 is 0 Å². The summed E-state index contributed by atoms with van der Waals surface area (Å²) < 4.78 is 63.9. The van der Waals surface area contributed by atoms with Crippen LogP contribution >= 0.6 is 0 Å². The van der Waals surface area contributed by atoms with Crippen LogP contribution in [-0.4, -0.2) is 79.0 Å². The number of sulfonamides is 2. The van der Waals surface area contributed by atoms with Gasteiger partial charge in [0.25, 0.3) is 10.0 Å². The number of aromatic nitrogens is 2. The molecule has 1 aliphatic rings. The first-order valence-electron chi connectivity index (χ1n) is 12.4. The van der Waals surface area contributed by atoms with Gasteiger partial charge in [0.15, 0.2) is 5.03 Å². The molecule has 0 radical (unpaired) electrons. The van der Waals surface area contributed by atoms with Crippen molar-refractivity contribution in [3.8, 4) is 17.6 Å². The number of ether oxygens (including phenoxy) is 1. The molecule has 10 nitrogen and oxygen atoms in total. The average molecular weight is 573 g/mol. The fourth-order valence-electron chi connectivity index (χ4n) is 4.22. The molecule has 3 atom stereocenters. The van der Waals surface area contributed by atoms with E-state index in [2.05, 4.69) is 16.8 Å². The molecule has 0 bridgehead atoms. The summed E-state index contributed by atoms with van der Waals surface area (Å²) in [4.78, 5) is 3.91. The van der Waals surface area contributed by atoms with E-state index in [4.69, 9.17) is 4.74 Å². The molecule has 39 heavy (non-hydrogen) atoms. The van der Waals surface area contributed by atoms with Crippen LogP contribution in [0.3, 0.4) is 0 Å². The van der Waals surface area contributed by atoms with Gasteiger partial charge in [-0.25, -0.2) is 21.8 Å². The largest absolute Gasteiger partial charge is 0.487 e. The molecule has 0 aliphatic carbocycles. The Bertz CT molecular complexity index is 1590. The van der Waals surface area contributed by atoms with Gasteiger partial charge < -0.3 is 14.4 Å². The molecule has 208 valence electrons. The number of imidazole rings is 1. The lowest BCUT2D eigenvalue weighted by atomic mass is 10.0. The minimum Gasteiger partial charge on any atom is -0.487 e. The summed E-state index contributed by atoms with van der Waals surface area (Å²) in [6.07, 6.45) is 2.11. The number of nitrogens with zero attached hydrogens (tertiary/aromatic N) is 4.